The van der Waals surface area contributed by atoms with Gasteiger partial charge in [0.15, 0.2) is 0 Å². The molecule has 1 aliphatic rings. The van der Waals surface area contributed by atoms with E-state index in [-0.39, 0.29) is 5.92 Å². The van der Waals surface area contributed by atoms with Gasteiger partial charge in [0.25, 0.3) is 0 Å². The molecule has 0 amide bonds. The summed E-state index contributed by atoms with van der Waals surface area (Å²) >= 11 is 0. The molecule has 0 aromatic carbocycles. The Bertz CT molecular complexity index is 167. The van der Waals surface area contributed by atoms with Gasteiger partial charge < -0.3 is 5.32 Å². The molecule has 1 aliphatic carbocycles. The van der Waals surface area contributed by atoms with Crippen LogP contribution in [0.3, 0.4) is 0 Å². The van der Waals surface area contributed by atoms with Crippen molar-refractivity contribution in [2.75, 3.05) is 7.05 Å². The molecule has 0 aromatic rings. The molecule has 2 nitrogen and oxygen atoms in total. The second kappa shape index (κ2) is 3.38. The average molecular weight is 136 g/mol. The van der Waals surface area contributed by atoms with Crippen molar-refractivity contribution >= 4 is 0 Å². The molecule has 10 heavy (non-hydrogen) atoms. The molecule has 0 aliphatic heterocycles. The molecule has 2 atom stereocenters. The Hall–Kier alpha value is -0.810. The van der Waals surface area contributed by atoms with Crippen molar-refractivity contribution in [3.8, 4) is 6.07 Å². The van der Waals surface area contributed by atoms with Crippen LogP contribution in [0.15, 0.2) is 12.2 Å². The minimum absolute atomic E-state index is 0.157. The van der Waals surface area contributed by atoms with Gasteiger partial charge in [-0.1, -0.05) is 12.2 Å². The zero-order valence-corrected chi connectivity index (χ0v) is 6.17. The van der Waals surface area contributed by atoms with Crippen molar-refractivity contribution in [2.45, 2.75) is 18.9 Å². The van der Waals surface area contributed by atoms with Crippen molar-refractivity contribution in [1.82, 2.24) is 5.32 Å². The van der Waals surface area contributed by atoms with Gasteiger partial charge in [-0.2, -0.15) is 5.26 Å². The summed E-state index contributed by atoms with van der Waals surface area (Å²) in [6, 6.07) is 2.72. The first-order valence-electron chi connectivity index (χ1n) is 3.62. The molecule has 0 spiro atoms. The minimum atomic E-state index is 0.157. The van der Waals surface area contributed by atoms with Gasteiger partial charge in [-0.3, -0.25) is 0 Å². The smallest absolute Gasteiger partial charge is 0.0697 e. The maximum absolute atomic E-state index is 8.53. The second-order valence-corrected chi connectivity index (χ2v) is 2.59. The fraction of sp³-hybridized carbons (Fsp3) is 0.625. The van der Waals surface area contributed by atoms with E-state index < -0.39 is 0 Å². The van der Waals surface area contributed by atoms with E-state index in [0.717, 1.165) is 12.8 Å². The maximum atomic E-state index is 8.53. The molecule has 0 radical (unpaired) electrons. The highest BCUT2D eigenvalue weighted by Gasteiger charge is 2.12. The fourth-order valence-corrected chi connectivity index (χ4v) is 1.17. The van der Waals surface area contributed by atoms with Crippen LogP contribution in [0.5, 0.6) is 0 Å². The minimum Gasteiger partial charge on any atom is -0.314 e. The number of allylic oxidation sites excluding steroid dienone is 1. The van der Waals surface area contributed by atoms with Crippen LogP contribution in [0.1, 0.15) is 12.8 Å². The Morgan fingerprint density at radius 2 is 2.30 bits per heavy atom. The van der Waals surface area contributed by atoms with Gasteiger partial charge >= 0.3 is 0 Å². The van der Waals surface area contributed by atoms with Gasteiger partial charge in [-0.05, 0) is 19.9 Å². The summed E-state index contributed by atoms with van der Waals surface area (Å²) in [6.07, 6.45) is 6.16. The first-order valence-corrected chi connectivity index (χ1v) is 3.62. The second-order valence-electron chi connectivity index (χ2n) is 2.59. The third kappa shape index (κ3) is 1.58. The summed E-state index contributed by atoms with van der Waals surface area (Å²) in [5.41, 5.74) is 0. The normalized spacial score (nSPS) is 31.6. The zero-order valence-electron chi connectivity index (χ0n) is 6.17. The van der Waals surface area contributed by atoms with Crippen LogP contribution >= 0.6 is 0 Å². The molecule has 0 bridgehead atoms. The average Bonchev–Trinajstić information content (AvgIpc) is 2.05. The van der Waals surface area contributed by atoms with Crippen molar-refractivity contribution in [3.63, 3.8) is 0 Å². The quantitative estimate of drug-likeness (QED) is 0.547. The lowest BCUT2D eigenvalue weighted by Crippen LogP contribution is -2.25. The molecular formula is C8H12N2. The monoisotopic (exact) mass is 136 g/mol. The molecule has 54 valence electrons. The van der Waals surface area contributed by atoms with Crippen LogP contribution in [-0.4, -0.2) is 13.1 Å². The predicted octanol–water partition coefficient (Wildman–Crippen LogP) is 1.06. The topological polar surface area (TPSA) is 35.8 Å². The molecular weight excluding hydrogens is 124 g/mol. The first kappa shape index (κ1) is 7.30. The Kier molecular flexibility index (Phi) is 2.47. The Morgan fingerprint density at radius 3 is 2.70 bits per heavy atom. The van der Waals surface area contributed by atoms with E-state index in [1.807, 2.05) is 13.1 Å². The summed E-state index contributed by atoms with van der Waals surface area (Å²) in [5.74, 6) is 0.157. The van der Waals surface area contributed by atoms with Gasteiger partial charge in [-0.25, -0.2) is 0 Å². The van der Waals surface area contributed by atoms with Crippen LogP contribution in [0.4, 0.5) is 0 Å². The summed E-state index contributed by atoms with van der Waals surface area (Å²) in [7, 11) is 1.95. The van der Waals surface area contributed by atoms with E-state index >= 15 is 0 Å². The SMILES string of the molecule is CNC1C=CC(C#N)CC1. The van der Waals surface area contributed by atoms with E-state index in [0.29, 0.717) is 6.04 Å². The molecule has 0 saturated carbocycles. The largest absolute Gasteiger partial charge is 0.314 e. The number of rotatable bonds is 1. The molecule has 0 aromatic heterocycles. The summed E-state index contributed by atoms with van der Waals surface area (Å²) in [6.45, 7) is 0. The van der Waals surface area contributed by atoms with Crippen LogP contribution in [0.2, 0.25) is 0 Å². The summed E-state index contributed by atoms with van der Waals surface area (Å²) < 4.78 is 0. The Labute approximate surface area is 61.5 Å². The van der Waals surface area contributed by atoms with Crippen molar-refractivity contribution in [2.24, 2.45) is 5.92 Å². The predicted molar refractivity (Wildman–Crippen MR) is 40.3 cm³/mol. The summed E-state index contributed by atoms with van der Waals surface area (Å²) in [5, 5.41) is 11.7. The molecule has 0 fully saturated rings. The van der Waals surface area contributed by atoms with Gasteiger partial charge in [0.05, 0.1) is 12.0 Å². The zero-order chi connectivity index (χ0) is 7.40. The molecule has 1 rings (SSSR count). The third-order valence-electron chi connectivity index (χ3n) is 1.90. The van der Waals surface area contributed by atoms with E-state index in [9.17, 15) is 0 Å². The van der Waals surface area contributed by atoms with Crippen LogP contribution in [-0.2, 0) is 0 Å². The van der Waals surface area contributed by atoms with Crippen LogP contribution < -0.4 is 5.32 Å². The lowest BCUT2D eigenvalue weighted by molar-refractivity contribution is 0.528. The highest BCUT2D eigenvalue weighted by molar-refractivity contribution is 5.08. The number of hydrogen-bond donors (Lipinski definition) is 1. The van der Waals surface area contributed by atoms with E-state index in [1.54, 1.807) is 0 Å². The number of likely N-dealkylation sites (N-methyl/N-ethyl adjacent to an activating group) is 1. The molecule has 0 saturated heterocycles. The van der Waals surface area contributed by atoms with Crippen molar-refractivity contribution in [1.29, 1.82) is 5.26 Å². The van der Waals surface area contributed by atoms with Crippen LogP contribution in [0.25, 0.3) is 0 Å². The molecule has 0 heterocycles. The van der Waals surface area contributed by atoms with E-state index in [1.165, 1.54) is 0 Å². The van der Waals surface area contributed by atoms with E-state index in [2.05, 4.69) is 17.5 Å². The first-order chi connectivity index (χ1) is 4.86. The molecule has 2 heteroatoms. The van der Waals surface area contributed by atoms with Gasteiger partial charge in [0.1, 0.15) is 0 Å². The lowest BCUT2D eigenvalue weighted by Gasteiger charge is -2.17. The standard InChI is InChI=1S/C8H12N2/c1-10-8-4-2-7(6-9)3-5-8/h2,4,7-8,10H,3,5H2,1H3. The van der Waals surface area contributed by atoms with Gasteiger partial charge in [0.2, 0.25) is 0 Å². The highest BCUT2D eigenvalue weighted by Crippen LogP contribution is 2.15. The molecule has 1 N–H and O–H groups in total. The third-order valence-corrected chi connectivity index (χ3v) is 1.90. The van der Waals surface area contributed by atoms with Crippen molar-refractivity contribution < 1.29 is 0 Å². The highest BCUT2D eigenvalue weighted by atomic mass is 14.9. The Balaban J connectivity index is 2.46. The summed E-state index contributed by atoms with van der Waals surface area (Å²) in [4.78, 5) is 0. The number of nitriles is 1. The number of nitrogens with one attached hydrogen (secondary N) is 1. The fourth-order valence-electron chi connectivity index (χ4n) is 1.17. The molecule has 2 unspecified atom stereocenters. The number of hydrogen-bond acceptors (Lipinski definition) is 2. The van der Waals surface area contributed by atoms with Gasteiger partial charge in [-0.15, -0.1) is 0 Å². The Morgan fingerprint density at radius 1 is 1.50 bits per heavy atom. The van der Waals surface area contributed by atoms with Crippen molar-refractivity contribution in [3.05, 3.63) is 12.2 Å². The van der Waals surface area contributed by atoms with E-state index in [4.69, 9.17) is 5.26 Å². The lowest BCUT2D eigenvalue weighted by atomic mass is 9.94. The maximum Gasteiger partial charge on any atom is 0.0697 e. The van der Waals surface area contributed by atoms with Crippen LogP contribution in [0, 0.1) is 17.2 Å². The number of nitrogens with zero attached hydrogens (tertiary/aromatic N) is 1. The van der Waals surface area contributed by atoms with Gasteiger partial charge in [0, 0.05) is 6.04 Å².